The molecule has 0 saturated heterocycles. The van der Waals surface area contributed by atoms with Gasteiger partial charge in [0.05, 0.1) is 11.5 Å². The molecule has 0 bridgehead atoms. The number of urea groups is 1. The van der Waals surface area contributed by atoms with E-state index >= 15 is 0 Å². The van der Waals surface area contributed by atoms with Crippen molar-refractivity contribution in [2.45, 2.75) is 6.92 Å². The average Bonchev–Trinajstić information content (AvgIpc) is 2.63. The second-order valence-electron chi connectivity index (χ2n) is 5.73. The number of non-ortho nitro benzene ring substituents is 1. The summed E-state index contributed by atoms with van der Waals surface area (Å²) in [6.45, 7) is 1.86. The number of anilines is 2. The van der Waals surface area contributed by atoms with Crippen LogP contribution in [0.15, 0.2) is 48.5 Å². The Morgan fingerprint density at radius 1 is 1.15 bits per heavy atom. The molecule has 9 heteroatoms. The van der Waals surface area contributed by atoms with Crippen LogP contribution in [0.2, 0.25) is 0 Å². The molecule has 3 amide bonds. The third kappa shape index (κ3) is 5.99. The largest absolute Gasteiger partial charge is 0.447 e. The molecule has 0 radical (unpaired) electrons. The van der Waals surface area contributed by atoms with E-state index < -0.39 is 17.0 Å². The second-order valence-corrected chi connectivity index (χ2v) is 5.73. The highest BCUT2D eigenvalue weighted by Gasteiger charge is 2.13. The monoisotopic (exact) mass is 372 g/mol. The van der Waals surface area contributed by atoms with Crippen LogP contribution in [0.4, 0.5) is 26.7 Å². The Hall–Kier alpha value is -3.62. The zero-order valence-electron chi connectivity index (χ0n) is 15.0. The number of nitro benzene ring substituents is 1. The lowest BCUT2D eigenvalue weighted by Crippen LogP contribution is -2.34. The smallest absolute Gasteiger partial charge is 0.411 e. The van der Waals surface area contributed by atoms with Crippen molar-refractivity contribution >= 4 is 29.2 Å². The van der Waals surface area contributed by atoms with Gasteiger partial charge in [-0.15, -0.1) is 0 Å². The van der Waals surface area contributed by atoms with Crippen molar-refractivity contribution < 1.29 is 19.2 Å². The maximum atomic E-state index is 12.2. The number of benzene rings is 2. The molecule has 0 aliphatic heterocycles. The van der Waals surface area contributed by atoms with E-state index in [0.717, 1.165) is 0 Å². The molecule has 0 fully saturated rings. The fourth-order valence-corrected chi connectivity index (χ4v) is 2.16. The average molecular weight is 372 g/mol. The molecular weight excluding hydrogens is 352 g/mol. The fourth-order valence-electron chi connectivity index (χ4n) is 2.16. The number of ether oxygens (including phenoxy) is 1. The van der Waals surface area contributed by atoms with E-state index in [2.05, 4.69) is 10.6 Å². The number of rotatable bonds is 6. The Labute approximate surface area is 156 Å². The molecule has 0 spiro atoms. The van der Waals surface area contributed by atoms with E-state index in [4.69, 9.17) is 4.74 Å². The van der Waals surface area contributed by atoms with Crippen molar-refractivity contribution in [1.29, 1.82) is 0 Å². The summed E-state index contributed by atoms with van der Waals surface area (Å²) >= 11 is 0. The minimum absolute atomic E-state index is 0.0157. The molecule has 142 valence electrons. The second kappa shape index (κ2) is 9.18. The molecule has 0 aliphatic carbocycles. The summed E-state index contributed by atoms with van der Waals surface area (Å²) in [6.07, 6.45) is -0.610. The molecule has 2 aromatic carbocycles. The maximum Gasteiger partial charge on any atom is 0.411 e. The zero-order chi connectivity index (χ0) is 19.8. The predicted molar refractivity (Wildman–Crippen MR) is 101 cm³/mol. The molecule has 2 rings (SSSR count). The number of para-hydroxylation sites is 1. The minimum atomic E-state index is -0.610. The lowest BCUT2D eigenvalue weighted by molar-refractivity contribution is -0.384. The maximum absolute atomic E-state index is 12.2. The Kier molecular flexibility index (Phi) is 6.70. The molecule has 0 heterocycles. The van der Waals surface area contributed by atoms with Crippen LogP contribution >= 0.6 is 0 Å². The third-order valence-corrected chi connectivity index (χ3v) is 3.69. The first-order valence-corrected chi connectivity index (χ1v) is 8.13. The summed E-state index contributed by atoms with van der Waals surface area (Å²) in [6, 6.07) is 12.6. The molecule has 0 saturated carbocycles. The van der Waals surface area contributed by atoms with Crippen LogP contribution in [0.1, 0.15) is 5.56 Å². The number of amides is 3. The van der Waals surface area contributed by atoms with Crippen LogP contribution in [0, 0.1) is 17.0 Å². The first-order chi connectivity index (χ1) is 12.9. The van der Waals surface area contributed by atoms with Crippen molar-refractivity contribution in [3.8, 4) is 0 Å². The molecule has 0 atom stereocenters. The van der Waals surface area contributed by atoms with Crippen LogP contribution in [-0.4, -0.2) is 42.1 Å². The molecule has 0 aromatic heterocycles. The SMILES string of the molecule is Cc1cc([N+](=O)[O-])ccc1NC(=O)N(C)CCOC(=O)Nc1ccccc1. The highest BCUT2D eigenvalue weighted by Crippen LogP contribution is 2.21. The number of hydrogen-bond acceptors (Lipinski definition) is 5. The zero-order valence-corrected chi connectivity index (χ0v) is 15.0. The van der Waals surface area contributed by atoms with Gasteiger partial charge in [0.15, 0.2) is 0 Å². The van der Waals surface area contributed by atoms with E-state index in [1.807, 2.05) is 6.07 Å². The Morgan fingerprint density at radius 2 is 1.85 bits per heavy atom. The number of aryl methyl sites for hydroxylation is 1. The van der Waals surface area contributed by atoms with Crippen LogP contribution in [-0.2, 0) is 4.74 Å². The summed E-state index contributed by atoms with van der Waals surface area (Å²) < 4.78 is 5.04. The minimum Gasteiger partial charge on any atom is -0.447 e. The summed E-state index contributed by atoms with van der Waals surface area (Å²) in [5, 5.41) is 16.0. The summed E-state index contributed by atoms with van der Waals surface area (Å²) in [4.78, 5) is 35.4. The van der Waals surface area contributed by atoms with Gasteiger partial charge in [-0.3, -0.25) is 15.4 Å². The van der Waals surface area contributed by atoms with Crippen molar-refractivity contribution in [1.82, 2.24) is 4.90 Å². The lowest BCUT2D eigenvalue weighted by atomic mass is 10.2. The number of nitro groups is 1. The lowest BCUT2D eigenvalue weighted by Gasteiger charge is -2.18. The number of likely N-dealkylation sites (N-methyl/N-ethyl adjacent to an activating group) is 1. The Morgan fingerprint density at radius 3 is 2.48 bits per heavy atom. The van der Waals surface area contributed by atoms with Crippen LogP contribution in [0.3, 0.4) is 0 Å². The van der Waals surface area contributed by atoms with Crippen molar-refractivity contribution in [3.05, 3.63) is 64.2 Å². The van der Waals surface area contributed by atoms with Gasteiger partial charge >= 0.3 is 12.1 Å². The summed E-state index contributed by atoms with van der Waals surface area (Å²) in [5.41, 5.74) is 1.61. The van der Waals surface area contributed by atoms with Gasteiger partial charge in [0.25, 0.3) is 5.69 Å². The highest BCUT2D eigenvalue weighted by molar-refractivity contribution is 5.90. The van der Waals surface area contributed by atoms with Gasteiger partial charge in [-0.05, 0) is 30.7 Å². The predicted octanol–water partition coefficient (Wildman–Crippen LogP) is 3.62. The van der Waals surface area contributed by atoms with Gasteiger partial charge in [0.2, 0.25) is 0 Å². The van der Waals surface area contributed by atoms with E-state index in [1.165, 1.54) is 23.1 Å². The van der Waals surface area contributed by atoms with Crippen LogP contribution < -0.4 is 10.6 Å². The molecule has 2 aromatic rings. The van der Waals surface area contributed by atoms with Gasteiger partial charge in [-0.2, -0.15) is 0 Å². The normalized spacial score (nSPS) is 10.0. The van der Waals surface area contributed by atoms with Crippen LogP contribution in [0.5, 0.6) is 0 Å². The quantitative estimate of drug-likeness (QED) is 0.594. The van der Waals surface area contributed by atoms with Crippen molar-refractivity contribution in [2.24, 2.45) is 0 Å². The molecule has 27 heavy (non-hydrogen) atoms. The van der Waals surface area contributed by atoms with E-state index in [0.29, 0.717) is 16.9 Å². The molecular formula is C18H20N4O5. The Bertz CT molecular complexity index is 826. The van der Waals surface area contributed by atoms with E-state index in [9.17, 15) is 19.7 Å². The number of nitrogens with zero attached hydrogens (tertiary/aromatic N) is 2. The van der Waals surface area contributed by atoms with Gasteiger partial charge in [-0.1, -0.05) is 18.2 Å². The third-order valence-electron chi connectivity index (χ3n) is 3.69. The number of hydrogen-bond donors (Lipinski definition) is 2. The van der Waals surface area contributed by atoms with Gasteiger partial charge in [0, 0.05) is 30.6 Å². The number of nitrogens with one attached hydrogen (secondary N) is 2. The summed E-state index contributed by atoms with van der Waals surface area (Å²) in [5.74, 6) is 0. The molecule has 9 nitrogen and oxygen atoms in total. The Balaban J connectivity index is 1.78. The summed E-state index contributed by atoms with van der Waals surface area (Å²) in [7, 11) is 1.55. The highest BCUT2D eigenvalue weighted by atomic mass is 16.6. The molecule has 0 aliphatic rings. The van der Waals surface area contributed by atoms with E-state index in [-0.39, 0.29) is 18.8 Å². The van der Waals surface area contributed by atoms with Gasteiger partial charge in [0.1, 0.15) is 6.61 Å². The first kappa shape index (κ1) is 19.7. The molecule has 0 unspecified atom stereocenters. The number of carbonyl (C=O) groups is 2. The first-order valence-electron chi connectivity index (χ1n) is 8.13. The van der Waals surface area contributed by atoms with Crippen molar-refractivity contribution in [2.75, 3.05) is 30.8 Å². The topological polar surface area (TPSA) is 114 Å². The van der Waals surface area contributed by atoms with E-state index in [1.54, 1.807) is 38.2 Å². The molecule has 2 N–H and O–H groups in total. The fraction of sp³-hybridized carbons (Fsp3) is 0.222. The van der Waals surface area contributed by atoms with Crippen LogP contribution in [0.25, 0.3) is 0 Å². The number of carbonyl (C=O) groups excluding carboxylic acids is 2. The van der Waals surface area contributed by atoms with Gasteiger partial charge in [-0.25, -0.2) is 9.59 Å². The van der Waals surface area contributed by atoms with Crippen molar-refractivity contribution in [3.63, 3.8) is 0 Å². The standard InChI is InChI=1S/C18H20N4O5/c1-13-12-15(22(25)26)8-9-16(13)20-17(23)21(2)10-11-27-18(24)19-14-6-4-3-5-7-14/h3-9,12H,10-11H2,1-2H3,(H,19,24)(H,20,23). The van der Waals surface area contributed by atoms with Gasteiger partial charge < -0.3 is 15.0 Å².